The first-order valence-electron chi connectivity index (χ1n) is 6.60. The van der Waals surface area contributed by atoms with E-state index in [1.807, 2.05) is 6.07 Å². The first-order chi connectivity index (χ1) is 9.39. The van der Waals surface area contributed by atoms with E-state index in [1.165, 1.54) is 6.92 Å². The van der Waals surface area contributed by atoms with E-state index < -0.39 is 28.3 Å². The van der Waals surface area contributed by atoms with Crippen LogP contribution in [0.15, 0.2) is 0 Å². The zero-order valence-corrected chi connectivity index (χ0v) is 11.6. The van der Waals surface area contributed by atoms with Crippen LogP contribution in [0.1, 0.15) is 39.5 Å². The molecule has 0 aromatic rings. The number of rotatable bonds is 5. The van der Waals surface area contributed by atoms with Crippen molar-refractivity contribution in [3.63, 3.8) is 0 Å². The molecule has 20 heavy (non-hydrogen) atoms. The van der Waals surface area contributed by atoms with Crippen LogP contribution in [-0.2, 0) is 14.3 Å². The van der Waals surface area contributed by atoms with Gasteiger partial charge in [-0.25, -0.2) is 0 Å². The molecule has 0 bridgehead atoms. The fourth-order valence-corrected chi connectivity index (χ4v) is 2.88. The summed E-state index contributed by atoms with van der Waals surface area (Å²) in [6, 6.07) is 0.853. The Kier molecular flexibility index (Phi) is 5.19. The van der Waals surface area contributed by atoms with Gasteiger partial charge >= 0.3 is 5.97 Å². The Bertz CT molecular complexity index is 456. The zero-order chi connectivity index (χ0) is 15.3. The Balaban J connectivity index is 3.22. The normalized spacial score (nSPS) is 29.2. The van der Waals surface area contributed by atoms with Crippen LogP contribution in [0, 0.1) is 32.8 Å². The molecule has 0 aliphatic heterocycles. The summed E-state index contributed by atoms with van der Waals surface area (Å²) >= 11 is 0. The van der Waals surface area contributed by atoms with Gasteiger partial charge in [0, 0.05) is 17.8 Å². The maximum Gasteiger partial charge on any atom is 0.327 e. The molecule has 0 aromatic carbocycles. The number of ether oxygens (including phenoxy) is 1. The molecule has 7 heteroatoms. The molecule has 0 N–H and O–H groups in total. The minimum absolute atomic E-state index is 0.0954. The molecule has 0 spiro atoms. The van der Waals surface area contributed by atoms with Gasteiger partial charge in [0.1, 0.15) is 5.78 Å². The molecule has 0 heterocycles. The molecule has 0 aromatic heterocycles. The average Bonchev–Trinajstić information content (AvgIpc) is 2.38. The van der Waals surface area contributed by atoms with Crippen LogP contribution in [0.5, 0.6) is 0 Å². The summed E-state index contributed by atoms with van der Waals surface area (Å²) in [5, 5.41) is 20.6. The van der Waals surface area contributed by atoms with E-state index in [4.69, 9.17) is 4.74 Å². The summed E-state index contributed by atoms with van der Waals surface area (Å²) < 4.78 is 4.92. The zero-order valence-electron chi connectivity index (χ0n) is 11.6. The highest BCUT2D eigenvalue weighted by molar-refractivity contribution is 5.83. The maximum absolute atomic E-state index is 12.1. The van der Waals surface area contributed by atoms with Crippen LogP contribution in [0.2, 0.25) is 0 Å². The lowest BCUT2D eigenvalue weighted by molar-refractivity contribution is -0.538. The van der Waals surface area contributed by atoms with Crippen LogP contribution < -0.4 is 0 Å². The molecule has 1 fully saturated rings. The second-order valence-corrected chi connectivity index (χ2v) is 5.06. The molecule has 7 nitrogen and oxygen atoms in total. The minimum atomic E-state index is -1.59. The van der Waals surface area contributed by atoms with Gasteiger partial charge in [0.25, 0.3) is 0 Å². The molecular weight excluding hydrogens is 264 g/mol. The van der Waals surface area contributed by atoms with Gasteiger partial charge in [-0.1, -0.05) is 0 Å². The second-order valence-electron chi connectivity index (χ2n) is 5.06. The van der Waals surface area contributed by atoms with Gasteiger partial charge in [-0.2, -0.15) is 5.26 Å². The van der Waals surface area contributed by atoms with Crippen LogP contribution >= 0.6 is 0 Å². The number of nitriles is 1. The minimum Gasteiger partial charge on any atom is -0.465 e. The van der Waals surface area contributed by atoms with Crippen LogP contribution in [-0.4, -0.2) is 29.3 Å². The number of nitrogens with zero attached hydrogens (tertiary/aromatic N) is 2. The number of carbonyl (C=O) groups is 2. The topological polar surface area (TPSA) is 110 Å². The fraction of sp³-hybridized carbons (Fsp3) is 0.769. The molecule has 1 rings (SSSR count). The summed E-state index contributed by atoms with van der Waals surface area (Å²) in [5.41, 5.74) is -1.59. The van der Waals surface area contributed by atoms with Crippen molar-refractivity contribution in [3.05, 3.63) is 10.1 Å². The van der Waals surface area contributed by atoms with Gasteiger partial charge in [-0.3, -0.25) is 14.9 Å². The van der Waals surface area contributed by atoms with Crippen molar-refractivity contribution < 1.29 is 19.2 Å². The lowest BCUT2D eigenvalue weighted by Crippen LogP contribution is -2.50. The molecule has 1 aliphatic rings. The molecule has 110 valence electrons. The van der Waals surface area contributed by atoms with Crippen molar-refractivity contribution in [2.45, 2.75) is 45.6 Å². The second kappa shape index (κ2) is 6.46. The van der Waals surface area contributed by atoms with Gasteiger partial charge in [0.2, 0.25) is 6.04 Å². The molecule has 0 unspecified atom stereocenters. The van der Waals surface area contributed by atoms with Gasteiger partial charge in [-0.15, -0.1) is 0 Å². The van der Waals surface area contributed by atoms with E-state index in [2.05, 4.69) is 0 Å². The Hall–Kier alpha value is -1.97. The summed E-state index contributed by atoms with van der Waals surface area (Å²) in [5.74, 6) is -1.94. The lowest BCUT2D eigenvalue weighted by Gasteiger charge is -2.37. The van der Waals surface area contributed by atoms with E-state index in [9.17, 15) is 25.0 Å². The average molecular weight is 282 g/mol. The Morgan fingerprint density at radius 3 is 2.65 bits per heavy atom. The summed E-state index contributed by atoms with van der Waals surface area (Å²) in [7, 11) is 0. The van der Waals surface area contributed by atoms with Gasteiger partial charge in [0.15, 0.2) is 5.41 Å². The molecule has 0 amide bonds. The Morgan fingerprint density at radius 1 is 1.55 bits per heavy atom. The molecule has 0 saturated heterocycles. The summed E-state index contributed by atoms with van der Waals surface area (Å²) in [4.78, 5) is 34.2. The van der Waals surface area contributed by atoms with Crippen LogP contribution in [0.4, 0.5) is 0 Å². The van der Waals surface area contributed by atoms with Crippen molar-refractivity contribution in [3.8, 4) is 6.07 Å². The SMILES string of the molecule is CCOC(=O)[C@@]1(C#N)CCC[C@@H]([N+](=O)[O-])[C@@H]1CC(C)=O. The standard InChI is InChI=1S/C13H18N2O5/c1-3-20-12(17)13(8-14)6-4-5-11(15(18)19)10(13)7-9(2)16/h10-11H,3-7H2,1-2H3/t10-,11+,13+/m0/s1. The molecule has 1 saturated carbocycles. The van der Waals surface area contributed by atoms with Crippen molar-refractivity contribution in [1.29, 1.82) is 5.26 Å². The maximum atomic E-state index is 12.1. The molecule has 0 radical (unpaired) electrons. The number of hydrogen-bond donors (Lipinski definition) is 0. The quantitative estimate of drug-likeness (QED) is 0.429. The van der Waals surface area contributed by atoms with Crippen LogP contribution in [0.3, 0.4) is 0 Å². The summed E-state index contributed by atoms with van der Waals surface area (Å²) in [6.45, 7) is 3.01. The van der Waals surface area contributed by atoms with Gasteiger partial charge in [0.05, 0.1) is 18.6 Å². The number of ketones is 1. The van der Waals surface area contributed by atoms with E-state index in [0.29, 0.717) is 6.42 Å². The fourth-order valence-electron chi connectivity index (χ4n) is 2.88. The largest absolute Gasteiger partial charge is 0.465 e. The highest BCUT2D eigenvalue weighted by atomic mass is 16.6. The van der Waals surface area contributed by atoms with E-state index >= 15 is 0 Å². The Labute approximate surface area is 117 Å². The first-order valence-corrected chi connectivity index (χ1v) is 6.60. The molecular formula is C13H18N2O5. The van der Waals surface area contributed by atoms with Crippen molar-refractivity contribution >= 4 is 11.8 Å². The van der Waals surface area contributed by atoms with Crippen molar-refractivity contribution in [1.82, 2.24) is 0 Å². The first kappa shape index (κ1) is 16.1. The summed E-state index contributed by atoms with van der Waals surface area (Å²) in [6.07, 6.45) is 0.711. The third kappa shape index (κ3) is 2.95. The van der Waals surface area contributed by atoms with Gasteiger partial charge in [-0.05, 0) is 26.7 Å². The smallest absolute Gasteiger partial charge is 0.327 e. The van der Waals surface area contributed by atoms with Crippen molar-refractivity contribution in [2.75, 3.05) is 6.61 Å². The predicted molar refractivity (Wildman–Crippen MR) is 68.1 cm³/mol. The number of nitro groups is 1. The van der Waals surface area contributed by atoms with E-state index in [-0.39, 0.29) is 31.7 Å². The highest BCUT2D eigenvalue weighted by Crippen LogP contribution is 2.45. The third-order valence-corrected chi connectivity index (χ3v) is 3.79. The molecule has 3 atom stereocenters. The van der Waals surface area contributed by atoms with Crippen molar-refractivity contribution in [2.24, 2.45) is 11.3 Å². The number of carbonyl (C=O) groups excluding carboxylic acids is 2. The Morgan fingerprint density at radius 2 is 2.20 bits per heavy atom. The lowest BCUT2D eigenvalue weighted by atomic mass is 9.63. The predicted octanol–water partition coefficient (Wildman–Crippen LogP) is 1.48. The monoisotopic (exact) mass is 282 g/mol. The van der Waals surface area contributed by atoms with Gasteiger partial charge < -0.3 is 9.53 Å². The number of Topliss-reactive ketones (excluding diaryl/α,β-unsaturated/α-hetero) is 1. The van der Waals surface area contributed by atoms with Crippen LogP contribution in [0.25, 0.3) is 0 Å². The third-order valence-electron chi connectivity index (χ3n) is 3.79. The molecule has 1 aliphatic carbocycles. The highest BCUT2D eigenvalue weighted by Gasteiger charge is 2.57. The number of esters is 1. The van der Waals surface area contributed by atoms with E-state index in [0.717, 1.165) is 0 Å². The number of hydrogen-bond acceptors (Lipinski definition) is 6. The van der Waals surface area contributed by atoms with E-state index in [1.54, 1.807) is 6.92 Å².